The number of amides is 1. The van der Waals surface area contributed by atoms with Crippen molar-refractivity contribution in [3.05, 3.63) is 76.2 Å². The fourth-order valence-corrected chi connectivity index (χ4v) is 4.28. The van der Waals surface area contributed by atoms with Crippen LogP contribution in [0.25, 0.3) is 16.7 Å². The van der Waals surface area contributed by atoms with Gasteiger partial charge in [-0.15, -0.1) is 0 Å². The number of benzene rings is 2. The van der Waals surface area contributed by atoms with E-state index in [4.69, 9.17) is 9.72 Å². The maximum atomic E-state index is 13.9. The molecule has 2 heterocycles. The van der Waals surface area contributed by atoms with Crippen LogP contribution in [0.1, 0.15) is 41.3 Å². The SMILES string of the molecule is CCOc1nc2c(c(C)nn2-c2cccc(F)c2)c(C)c1CCC(=O)Nc1ccc(C)cc1C. The summed E-state index contributed by atoms with van der Waals surface area (Å²) in [5.74, 6) is 0.0671. The Morgan fingerprint density at radius 1 is 1.12 bits per heavy atom. The Morgan fingerprint density at radius 3 is 2.62 bits per heavy atom. The Kier molecular flexibility index (Phi) is 6.63. The van der Waals surface area contributed by atoms with E-state index in [1.165, 1.54) is 12.1 Å². The van der Waals surface area contributed by atoms with E-state index in [1.54, 1.807) is 16.8 Å². The van der Waals surface area contributed by atoms with Gasteiger partial charge in [0.2, 0.25) is 11.8 Å². The van der Waals surface area contributed by atoms with Crippen molar-refractivity contribution in [1.29, 1.82) is 0 Å². The molecule has 0 saturated carbocycles. The van der Waals surface area contributed by atoms with Crippen LogP contribution in [0.5, 0.6) is 5.88 Å². The smallest absolute Gasteiger partial charge is 0.224 e. The molecule has 6 nitrogen and oxygen atoms in total. The molecule has 0 aliphatic heterocycles. The molecule has 4 rings (SSSR count). The summed E-state index contributed by atoms with van der Waals surface area (Å²) in [5.41, 5.74) is 6.83. The summed E-state index contributed by atoms with van der Waals surface area (Å²) in [5, 5.41) is 8.52. The molecule has 1 N–H and O–H groups in total. The Balaban J connectivity index is 1.67. The first-order chi connectivity index (χ1) is 16.3. The van der Waals surface area contributed by atoms with Gasteiger partial charge in [0.05, 0.1) is 18.0 Å². The van der Waals surface area contributed by atoms with Crippen LogP contribution in [-0.4, -0.2) is 27.3 Å². The monoisotopic (exact) mass is 460 g/mol. The van der Waals surface area contributed by atoms with Crippen molar-refractivity contribution in [3.8, 4) is 11.6 Å². The first kappa shape index (κ1) is 23.4. The Hall–Kier alpha value is -3.74. The number of anilines is 1. The molecule has 34 heavy (non-hydrogen) atoms. The molecule has 0 unspecified atom stereocenters. The molecule has 1 amide bonds. The molecule has 2 aromatic heterocycles. The summed E-state index contributed by atoms with van der Waals surface area (Å²) in [6.45, 7) is 10.2. The summed E-state index contributed by atoms with van der Waals surface area (Å²) in [6.07, 6.45) is 0.768. The zero-order valence-electron chi connectivity index (χ0n) is 20.2. The van der Waals surface area contributed by atoms with Gasteiger partial charge in [0.1, 0.15) is 5.82 Å². The number of carbonyl (C=O) groups is 1. The van der Waals surface area contributed by atoms with Crippen molar-refractivity contribution in [1.82, 2.24) is 14.8 Å². The van der Waals surface area contributed by atoms with Crippen molar-refractivity contribution >= 4 is 22.6 Å². The number of nitrogens with zero attached hydrogens (tertiary/aromatic N) is 3. The van der Waals surface area contributed by atoms with Gasteiger partial charge in [0, 0.05) is 23.1 Å². The summed E-state index contributed by atoms with van der Waals surface area (Å²) in [7, 11) is 0. The third-order valence-electron chi connectivity index (χ3n) is 5.92. The summed E-state index contributed by atoms with van der Waals surface area (Å²) < 4.78 is 21.4. The fourth-order valence-electron chi connectivity index (χ4n) is 4.28. The molecule has 0 saturated heterocycles. The lowest BCUT2D eigenvalue weighted by molar-refractivity contribution is -0.116. The number of rotatable bonds is 7. The predicted octanol–water partition coefficient (Wildman–Crippen LogP) is 5.76. The average molecular weight is 461 g/mol. The summed E-state index contributed by atoms with van der Waals surface area (Å²) in [4.78, 5) is 17.5. The number of halogens is 1. The highest BCUT2D eigenvalue weighted by Crippen LogP contribution is 2.32. The number of pyridine rings is 1. The van der Waals surface area contributed by atoms with Crippen LogP contribution in [0, 0.1) is 33.5 Å². The number of hydrogen-bond acceptors (Lipinski definition) is 4. The number of aryl methyl sites for hydroxylation is 4. The van der Waals surface area contributed by atoms with Crippen LogP contribution in [0.2, 0.25) is 0 Å². The molecule has 2 aromatic carbocycles. The number of hydrogen-bond donors (Lipinski definition) is 1. The van der Waals surface area contributed by atoms with Crippen LogP contribution in [0.3, 0.4) is 0 Å². The van der Waals surface area contributed by atoms with Gasteiger partial charge in [-0.25, -0.2) is 9.07 Å². The van der Waals surface area contributed by atoms with Crippen LogP contribution in [-0.2, 0) is 11.2 Å². The fraction of sp³-hybridized carbons (Fsp3) is 0.296. The summed E-state index contributed by atoms with van der Waals surface area (Å²) in [6, 6.07) is 12.2. The number of carbonyl (C=O) groups excluding carboxylic acids is 1. The first-order valence-electron chi connectivity index (χ1n) is 11.4. The molecule has 176 valence electrons. The maximum absolute atomic E-state index is 13.9. The van der Waals surface area contributed by atoms with Gasteiger partial charge in [-0.05, 0) is 76.4 Å². The summed E-state index contributed by atoms with van der Waals surface area (Å²) >= 11 is 0. The Labute approximate surface area is 198 Å². The predicted molar refractivity (Wildman–Crippen MR) is 132 cm³/mol. The van der Waals surface area contributed by atoms with E-state index in [9.17, 15) is 9.18 Å². The molecular formula is C27H29FN4O2. The van der Waals surface area contributed by atoms with Crippen molar-refractivity contribution in [3.63, 3.8) is 0 Å². The lowest BCUT2D eigenvalue weighted by atomic mass is 10.0. The molecule has 0 aliphatic rings. The van der Waals surface area contributed by atoms with Crippen molar-refractivity contribution in [2.75, 3.05) is 11.9 Å². The van der Waals surface area contributed by atoms with Gasteiger partial charge in [0.25, 0.3) is 0 Å². The topological polar surface area (TPSA) is 69.0 Å². The third-order valence-corrected chi connectivity index (χ3v) is 5.92. The van der Waals surface area contributed by atoms with Gasteiger partial charge in [-0.2, -0.15) is 10.1 Å². The van der Waals surface area contributed by atoms with Crippen molar-refractivity contribution in [2.24, 2.45) is 0 Å². The van der Waals surface area contributed by atoms with Gasteiger partial charge < -0.3 is 10.1 Å². The van der Waals surface area contributed by atoms with Crippen LogP contribution >= 0.6 is 0 Å². The van der Waals surface area contributed by atoms with Crippen molar-refractivity contribution in [2.45, 2.75) is 47.5 Å². The quantitative estimate of drug-likeness (QED) is 0.381. The van der Waals surface area contributed by atoms with Gasteiger partial charge >= 0.3 is 0 Å². The molecule has 7 heteroatoms. The Bertz CT molecular complexity index is 1380. The molecule has 0 spiro atoms. The first-order valence-corrected chi connectivity index (χ1v) is 11.4. The number of ether oxygens (including phenoxy) is 1. The zero-order chi connectivity index (χ0) is 24.4. The molecule has 0 bridgehead atoms. The van der Waals surface area contributed by atoms with E-state index in [0.717, 1.165) is 39.0 Å². The van der Waals surface area contributed by atoms with Gasteiger partial charge in [-0.3, -0.25) is 4.79 Å². The maximum Gasteiger partial charge on any atom is 0.224 e. The number of aromatic nitrogens is 3. The highest BCUT2D eigenvalue weighted by molar-refractivity contribution is 5.92. The number of fused-ring (bicyclic) bond motifs is 1. The molecule has 0 atom stereocenters. The normalized spacial score (nSPS) is 11.1. The minimum atomic E-state index is -0.341. The van der Waals surface area contributed by atoms with E-state index in [1.807, 2.05) is 52.8 Å². The standard InChI is InChI=1S/C27H29FN4O2/c1-6-34-27-22(11-13-24(33)29-23-12-10-16(2)14-17(23)3)18(4)25-19(5)31-32(26(25)30-27)21-9-7-8-20(28)15-21/h7-10,12,14-15H,6,11,13H2,1-5H3,(H,29,33). The molecular weight excluding hydrogens is 431 g/mol. The average Bonchev–Trinajstić information content (AvgIpc) is 3.12. The van der Waals surface area contributed by atoms with Gasteiger partial charge in [-0.1, -0.05) is 23.8 Å². The van der Waals surface area contributed by atoms with E-state index < -0.39 is 0 Å². The van der Waals surface area contributed by atoms with Crippen LogP contribution in [0.4, 0.5) is 10.1 Å². The number of nitrogens with one attached hydrogen (secondary N) is 1. The molecule has 0 radical (unpaired) electrons. The van der Waals surface area contributed by atoms with Crippen LogP contribution < -0.4 is 10.1 Å². The lowest BCUT2D eigenvalue weighted by Gasteiger charge is -2.14. The second-order valence-electron chi connectivity index (χ2n) is 8.50. The Morgan fingerprint density at radius 2 is 1.91 bits per heavy atom. The molecule has 4 aromatic rings. The third kappa shape index (κ3) is 4.64. The van der Waals surface area contributed by atoms with E-state index >= 15 is 0 Å². The highest BCUT2D eigenvalue weighted by atomic mass is 19.1. The second kappa shape index (κ2) is 9.63. The van der Waals surface area contributed by atoms with E-state index in [2.05, 4.69) is 10.4 Å². The second-order valence-corrected chi connectivity index (χ2v) is 8.50. The highest BCUT2D eigenvalue weighted by Gasteiger charge is 2.21. The van der Waals surface area contributed by atoms with Crippen molar-refractivity contribution < 1.29 is 13.9 Å². The molecule has 0 fully saturated rings. The van der Waals surface area contributed by atoms with Gasteiger partial charge in [0.15, 0.2) is 5.65 Å². The lowest BCUT2D eigenvalue weighted by Crippen LogP contribution is -2.14. The zero-order valence-corrected chi connectivity index (χ0v) is 20.2. The minimum Gasteiger partial charge on any atom is -0.478 e. The van der Waals surface area contributed by atoms with E-state index in [-0.39, 0.29) is 11.7 Å². The van der Waals surface area contributed by atoms with Crippen LogP contribution in [0.15, 0.2) is 42.5 Å². The molecule has 0 aliphatic carbocycles. The van der Waals surface area contributed by atoms with E-state index in [0.29, 0.717) is 36.7 Å². The largest absolute Gasteiger partial charge is 0.478 e. The minimum absolute atomic E-state index is 0.0684.